The summed E-state index contributed by atoms with van der Waals surface area (Å²) in [5.74, 6) is 0.632. The highest BCUT2D eigenvalue weighted by molar-refractivity contribution is 9.08. The fourth-order valence-electron chi connectivity index (χ4n) is 1.68. The number of benzene rings is 2. The average Bonchev–Trinajstić information content (AvgIpc) is 2.45. The summed E-state index contributed by atoms with van der Waals surface area (Å²) in [7, 11) is 0. The van der Waals surface area contributed by atoms with Crippen molar-refractivity contribution in [1.82, 2.24) is 0 Å². The van der Waals surface area contributed by atoms with Gasteiger partial charge in [0.1, 0.15) is 12.4 Å². The van der Waals surface area contributed by atoms with E-state index in [2.05, 4.69) is 15.9 Å². The second-order valence-electron chi connectivity index (χ2n) is 4.26. The van der Waals surface area contributed by atoms with Crippen LogP contribution in [-0.4, -0.2) is 0 Å². The average molecular weight is 345 g/mol. The van der Waals surface area contributed by atoms with E-state index in [-0.39, 0.29) is 6.61 Å². The molecule has 0 saturated carbocycles. The Morgan fingerprint density at radius 1 is 0.950 bits per heavy atom. The molecule has 106 valence electrons. The maximum absolute atomic E-state index is 12.6. The highest BCUT2D eigenvalue weighted by Gasteiger charge is 2.30. The van der Waals surface area contributed by atoms with Crippen LogP contribution in [0.4, 0.5) is 13.2 Å². The van der Waals surface area contributed by atoms with Crippen molar-refractivity contribution in [3.05, 3.63) is 65.2 Å². The van der Waals surface area contributed by atoms with E-state index in [0.29, 0.717) is 11.3 Å². The molecule has 5 heteroatoms. The zero-order valence-corrected chi connectivity index (χ0v) is 12.0. The van der Waals surface area contributed by atoms with Crippen LogP contribution in [0.5, 0.6) is 5.75 Å². The first-order valence-electron chi connectivity index (χ1n) is 5.93. The molecule has 0 atom stereocenters. The number of hydrogen-bond acceptors (Lipinski definition) is 1. The molecular formula is C15H12BrF3O. The lowest BCUT2D eigenvalue weighted by Gasteiger charge is -2.10. The molecule has 0 radical (unpaired) electrons. The lowest BCUT2D eigenvalue weighted by molar-refractivity contribution is -0.137. The minimum Gasteiger partial charge on any atom is -0.489 e. The highest BCUT2D eigenvalue weighted by atomic mass is 79.9. The molecule has 0 heterocycles. The molecule has 0 unspecified atom stereocenters. The highest BCUT2D eigenvalue weighted by Crippen LogP contribution is 2.29. The Morgan fingerprint density at radius 3 is 2.25 bits per heavy atom. The van der Waals surface area contributed by atoms with Crippen LogP contribution in [0.1, 0.15) is 16.7 Å². The van der Waals surface area contributed by atoms with Crippen molar-refractivity contribution in [3.8, 4) is 5.75 Å². The fourth-order valence-corrected chi connectivity index (χ4v) is 2.05. The molecule has 0 amide bonds. The minimum absolute atomic E-state index is 0.109. The lowest BCUT2D eigenvalue weighted by Crippen LogP contribution is -2.06. The summed E-state index contributed by atoms with van der Waals surface area (Å²) >= 11 is 3.34. The van der Waals surface area contributed by atoms with Crippen LogP contribution >= 0.6 is 15.9 Å². The van der Waals surface area contributed by atoms with E-state index in [1.54, 1.807) is 18.2 Å². The van der Waals surface area contributed by atoms with Gasteiger partial charge < -0.3 is 4.74 Å². The number of ether oxygens (including phenoxy) is 1. The first kappa shape index (κ1) is 14.9. The van der Waals surface area contributed by atoms with Gasteiger partial charge in [0.2, 0.25) is 0 Å². The van der Waals surface area contributed by atoms with Gasteiger partial charge in [-0.15, -0.1) is 0 Å². The van der Waals surface area contributed by atoms with Crippen LogP contribution in [0.3, 0.4) is 0 Å². The molecule has 0 N–H and O–H groups in total. The summed E-state index contributed by atoms with van der Waals surface area (Å²) in [5, 5.41) is 0.751. The maximum atomic E-state index is 12.6. The SMILES string of the molecule is FC(F)(F)c1cccc(COc2ccc(CBr)cc2)c1. The zero-order chi connectivity index (χ0) is 14.6. The Bertz CT molecular complexity index is 564. The molecule has 0 saturated heterocycles. The molecule has 0 spiro atoms. The normalized spacial score (nSPS) is 11.4. The van der Waals surface area contributed by atoms with Gasteiger partial charge in [-0.05, 0) is 35.4 Å². The van der Waals surface area contributed by atoms with Gasteiger partial charge in [0.15, 0.2) is 0 Å². The van der Waals surface area contributed by atoms with Gasteiger partial charge >= 0.3 is 6.18 Å². The Morgan fingerprint density at radius 2 is 1.65 bits per heavy atom. The first-order chi connectivity index (χ1) is 9.49. The molecule has 0 fully saturated rings. The summed E-state index contributed by atoms with van der Waals surface area (Å²) in [6, 6.07) is 12.5. The molecule has 2 rings (SSSR count). The van der Waals surface area contributed by atoms with Crippen LogP contribution in [0.2, 0.25) is 0 Å². The van der Waals surface area contributed by atoms with Crippen molar-refractivity contribution in [2.75, 3.05) is 0 Å². The number of alkyl halides is 4. The summed E-state index contributed by atoms with van der Waals surface area (Å²) in [6.07, 6.45) is -4.33. The van der Waals surface area contributed by atoms with Crippen LogP contribution < -0.4 is 4.74 Å². The van der Waals surface area contributed by atoms with Crippen molar-refractivity contribution in [2.24, 2.45) is 0 Å². The molecule has 0 aliphatic rings. The van der Waals surface area contributed by atoms with E-state index in [9.17, 15) is 13.2 Å². The monoisotopic (exact) mass is 344 g/mol. The third-order valence-corrected chi connectivity index (χ3v) is 3.38. The number of halogens is 4. The van der Waals surface area contributed by atoms with Crippen LogP contribution in [0.25, 0.3) is 0 Å². The Balaban J connectivity index is 2.03. The molecule has 1 nitrogen and oxygen atoms in total. The van der Waals surface area contributed by atoms with Crippen molar-refractivity contribution < 1.29 is 17.9 Å². The third kappa shape index (κ3) is 4.00. The Hall–Kier alpha value is -1.49. The first-order valence-corrected chi connectivity index (χ1v) is 7.05. The number of hydrogen-bond donors (Lipinski definition) is 0. The topological polar surface area (TPSA) is 9.23 Å². The van der Waals surface area contributed by atoms with Crippen LogP contribution in [-0.2, 0) is 18.1 Å². The molecule has 0 aromatic heterocycles. The summed E-state index contributed by atoms with van der Waals surface area (Å²) in [4.78, 5) is 0. The predicted molar refractivity (Wildman–Crippen MR) is 74.8 cm³/mol. The van der Waals surface area contributed by atoms with Crippen molar-refractivity contribution in [2.45, 2.75) is 18.1 Å². The van der Waals surface area contributed by atoms with Crippen molar-refractivity contribution in [3.63, 3.8) is 0 Å². The Kier molecular flexibility index (Phi) is 4.70. The standard InChI is InChI=1S/C15H12BrF3O/c16-9-11-4-6-14(7-5-11)20-10-12-2-1-3-13(8-12)15(17,18)19/h1-8H,9-10H2. The maximum Gasteiger partial charge on any atom is 0.416 e. The van der Waals surface area contributed by atoms with E-state index >= 15 is 0 Å². The summed E-state index contributed by atoms with van der Waals surface area (Å²) in [6.45, 7) is 0.109. The molecule has 0 aliphatic heterocycles. The largest absolute Gasteiger partial charge is 0.489 e. The van der Waals surface area contributed by atoms with Gasteiger partial charge in [0.05, 0.1) is 5.56 Å². The fraction of sp³-hybridized carbons (Fsp3) is 0.200. The van der Waals surface area contributed by atoms with E-state index < -0.39 is 11.7 Å². The smallest absolute Gasteiger partial charge is 0.416 e. The predicted octanol–water partition coefficient (Wildman–Crippen LogP) is 5.18. The summed E-state index contributed by atoms with van der Waals surface area (Å²) < 4.78 is 43.2. The quantitative estimate of drug-likeness (QED) is 0.694. The zero-order valence-electron chi connectivity index (χ0n) is 10.5. The third-order valence-electron chi connectivity index (χ3n) is 2.74. The summed E-state index contributed by atoms with van der Waals surface area (Å²) in [5.41, 5.74) is 0.939. The molecule has 2 aromatic rings. The van der Waals surface area contributed by atoms with E-state index in [0.717, 1.165) is 23.0 Å². The van der Waals surface area contributed by atoms with E-state index in [1.165, 1.54) is 6.07 Å². The molecule has 0 bridgehead atoms. The van der Waals surface area contributed by atoms with Crippen LogP contribution in [0, 0.1) is 0 Å². The van der Waals surface area contributed by atoms with Gasteiger partial charge in [-0.25, -0.2) is 0 Å². The van der Waals surface area contributed by atoms with Crippen molar-refractivity contribution >= 4 is 15.9 Å². The molecule has 20 heavy (non-hydrogen) atoms. The van der Waals surface area contributed by atoms with Crippen LogP contribution in [0.15, 0.2) is 48.5 Å². The lowest BCUT2D eigenvalue weighted by atomic mass is 10.1. The van der Waals surface area contributed by atoms with Gasteiger partial charge in [-0.3, -0.25) is 0 Å². The second kappa shape index (κ2) is 6.31. The van der Waals surface area contributed by atoms with E-state index in [1.807, 2.05) is 12.1 Å². The Labute approximate surface area is 123 Å². The van der Waals surface area contributed by atoms with Gasteiger partial charge in [0.25, 0.3) is 0 Å². The minimum atomic E-state index is -4.33. The van der Waals surface area contributed by atoms with E-state index in [4.69, 9.17) is 4.74 Å². The molecule has 2 aromatic carbocycles. The van der Waals surface area contributed by atoms with Gasteiger partial charge in [-0.1, -0.05) is 40.2 Å². The second-order valence-corrected chi connectivity index (χ2v) is 4.83. The number of rotatable bonds is 4. The molecule has 0 aliphatic carbocycles. The molecular weight excluding hydrogens is 333 g/mol. The van der Waals surface area contributed by atoms with Gasteiger partial charge in [0, 0.05) is 5.33 Å². The van der Waals surface area contributed by atoms with Crippen molar-refractivity contribution in [1.29, 1.82) is 0 Å². The van der Waals surface area contributed by atoms with Gasteiger partial charge in [-0.2, -0.15) is 13.2 Å².